The molecule has 2 rings (SSSR count). The first-order chi connectivity index (χ1) is 6.98. The average Bonchev–Trinajstić information content (AvgIpc) is 2.69. The van der Waals surface area contributed by atoms with Crippen LogP contribution in [0.1, 0.15) is 11.5 Å². The second-order valence-corrected chi connectivity index (χ2v) is 3.03. The quantitative estimate of drug-likeness (QED) is 0.796. The van der Waals surface area contributed by atoms with E-state index in [1.54, 1.807) is 12.1 Å². The van der Waals surface area contributed by atoms with Crippen LogP contribution in [0.5, 0.6) is 0 Å². The van der Waals surface area contributed by atoms with Crippen LogP contribution in [-0.2, 0) is 6.18 Å². The molecular formula is C9H7F3N2O. The Morgan fingerprint density at radius 1 is 1.40 bits per heavy atom. The number of aromatic nitrogens is 2. The summed E-state index contributed by atoms with van der Waals surface area (Å²) < 4.78 is 41.9. The molecule has 2 heterocycles. The summed E-state index contributed by atoms with van der Waals surface area (Å²) in [7, 11) is 0. The third kappa shape index (κ3) is 1.74. The number of furan rings is 1. The molecule has 0 spiro atoms. The van der Waals surface area contributed by atoms with Crippen LogP contribution in [0.25, 0.3) is 11.5 Å². The molecule has 0 radical (unpaired) electrons. The van der Waals surface area contributed by atoms with Gasteiger partial charge in [0.15, 0.2) is 5.76 Å². The second-order valence-electron chi connectivity index (χ2n) is 3.03. The van der Waals surface area contributed by atoms with Crippen molar-refractivity contribution in [3.05, 3.63) is 29.9 Å². The van der Waals surface area contributed by atoms with Crippen molar-refractivity contribution in [2.24, 2.45) is 0 Å². The lowest BCUT2D eigenvalue weighted by Crippen LogP contribution is -2.07. The molecule has 0 fully saturated rings. The maximum atomic E-state index is 12.3. The van der Waals surface area contributed by atoms with Gasteiger partial charge in [-0.15, -0.1) is 0 Å². The SMILES string of the molecule is Cc1[nH]c(C(F)(F)F)nc1-c1ccco1. The van der Waals surface area contributed by atoms with Crippen LogP contribution in [-0.4, -0.2) is 9.97 Å². The van der Waals surface area contributed by atoms with Crippen LogP contribution in [0.4, 0.5) is 13.2 Å². The molecular weight excluding hydrogens is 209 g/mol. The molecule has 6 heteroatoms. The van der Waals surface area contributed by atoms with Gasteiger partial charge in [0.2, 0.25) is 5.82 Å². The zero-order valence-corrected chi connectivity index (χ0v) is 7.72. The van der Waals surface area contributed by atoms with E-state index < -0.39 is 12.0 Å². The first kappa shape index (κ1) is 9.82. The predicted octanol–water partition coefficient (Wildman–Crippen LogP) is 3.00. The molecule has 2 aromatic heterocycles. The molecule has 0 aromatic carbocycles. The average molecular weight is 216 g/mol. The Hall–Kier alpha value is -1.72. The Labute approximate surface area is 82.9 Å². The number of aryl methyl sites for hydroxylation is 1. The second kappa shape index (κ2) is 3.15. The van der Waals surface area contributed by atoms with E-state index in [0.717, 1.165) is 0 Å². The fourth-order valence-corrected chi connectivity index (χ4v) is 1.25. The summed E-state index contributed by atoms with van der Waals surface area (Å²) in [5.74, 6) is -0.689. The van der Waals surface area contributed by atoms with E-state index in [1.165, 1.54) is 13.2 Å². The van der Waals surface area contributed by atoms with Gasteiger partial charge in [-0.2, -0.15) is 13.2 Å². The molecule has 0 unspecified atom stereocenters. The monoisotopic (exact) mass is 216 g/mol. The van der Waals surface area contributed by atoms with Crippen molar-refractivity contribution < 1.29 is 17.6 Å². The highest BCUT2D eigenvalue weighted by molar-refractivity contribution is 5.55. The number of alkyl halides is 3. The van der Waals surface area contributed by atoms with E-state index in [9.17, 15) is 13.2 Å². The van der Waals surface area contributed by atoms with Crippen molar-refractivity contribution in [3.63, 3.8) is 0 Å². The summed E-state index contributed by atoms with van der Waals surface area (Å²) in [4.78, 5) is 5.63. The molecule has 3 nitrogen and oxygen atoms in total. The summed E-state index contributed by atoms with van der Waals surface area (Å²) in [6, 6.07) is 3.15. The molecule has 0 aliphatic carbocycles. The van der Waals surface area contributed by atoms with Gasteiger partial charge in [-0.25, -0.2) is 4.98 Å². The number of nitrogens with one attached hydrogen (secondary N) is 1. The van der Waals surface area contributed by atoms with Gasteiger partial charge in [-0.3, -0.25) is 0 Å². The highest BCUT2D eigenvalue weighted by atomic mass is 19.4. The van der Waals surface area contributed by atoms with E-state index >= 15 is 0 Å². The van der Waals surface area contributed by atoms with E-state index in [1.807, 2.05) is 0 Å². The number of aromatic amines is 1. The van der Waals surface area contributed by atoms with E-state index in [4.69, 9.17) is 4.42 Å². The van der Waals surface area contributed by atoms with Crippen LogP contribution in [0.3, 0.4) is 0 Å². The number of nitrogens with zero attached hydrogens (tertiary/aromatic N) is 1. The Morgan fingerprint density at radius 3 is 2.60 bits per heavy atom. The van der Waals surface area contributed by atoms with Gasteiger partial charge < -0.3 is 9.40 Å². The van der Waals surface area contributed by atoms with Gasteiger partial charge in [-0.05, 0) is 19.1 Å². The van der Waals surface area contributed by atoms with E-state index in [0.29, 0.717) is 11.5 Å². The smallest absolute Gasteiger partial charge is 0.449 e. The lowest BCUT2D eigenvalue weighted by molar-refractivity contribution is -0.144. The largest absolute Gasteiger partial charge is 0.463 e. The molecule has 0 amide bonds. The highest BCUT2D eigenvalue weighted by Gasteiger charge is 2.35. The molecule has 15 heavy (non-hydrogen) atoms. The molecule has 0 saturated heterocycles. The summed E-state index contributed by atoms with van der Waals surface area (Å²) >= 11 is 0. The van der Waals surface area contributed by atoms with Gasteiger partial charge in [0.1, 0.15) is 5.69 Å². The lowest BCUT2D eigenvalue weighted by Gasteiger charge is -1.99. The first-order valence-electron chi connectivity index (χ1n) is 4.16. The third-order valence-corrected chi connectivity index (χ3v) is 1.91. The van der Waals surface area contributed by atoms with E-state index in [-0.39, 0.29) is 5.69 Å². The minimum absolute atomic E-state index is 0.187. The number of rotatable bonds is 1. The third-order valence-electron chi connectivity index (χ3n) is 1.91. The number of halogens is 3. The van der Waals surface area contributed by atoms with Gasteiger partial charge in [0, 0.05) is 5.69 Å². The van der Waals surface area contributed by atoms with Gasteiger partial charge >= 0.3 is 6.18 Å². The van der Waals surface area contributed by atoms with Gasteiger partial charge in [0.25, 0.3) is 0 Å². The topological polar surface area (TPSA) is 41.8 Å². The van der Waals surface area contributed by atoms with Crippen molar-refractivity contribution >= 4 is 0 Å². The van der Waals surface area contributed by atoms with Gasteiger partial charge in [-0.1, -0.05) is 0 Å². The number of hydrogen-bond donors (Lipinski definition) is 1. The standard InChI is InChI=1S/C9H7F3N2O/c1-5-7(6-3-2-4-15-6)14-8(13-5)9(10,11)12/h2-4H,1H3,(H,13,14). The molecule has 0 aliphatic heterocycles. The fourth-order valence-electron chi connectivity index (χ4n) is 1.25. The van der Waals surface area contributed by atoms with Crippen LogP contribution >= 0.6 is 0 Å². The zero-order valence-electron chi connectivity index (χ0n) is 7.72. The normalized spacial score (nSPS) is 12.0. The lowest BCUT2D eigenvalue weighted by atomic mass is 10.3. The Balaban J connectivity index is 2.47. The van der Waals surface area contributed by atoms with E-state index in [2.05, 4.69) is 9.97 Å². The molecule has 2 aromatic rings. The van der Waals surface area contributed by atoms with Gasteiger partial charge in [0.05, 0.1) is 6.26 Å². The molecule has 0 bridgehead atoms. The number of hydrogen-bond acceptors (Lipinski definition) is 2. The van der Waals surface area contributed by atoms with Crippen LogP contribution < -0.4 is 0 Å². The van der Waals surface area contributed by atoms with Crippen molar-refractivity contribution in [2.45, 2.75) is 13.1 Å². The molecule has 0 aliphatic rings. The predicted molar refractivity (Wildman–Crippen MR) is 46.0 cm³/mol. The Bertz CT molecular complexity index is 456. The van der Waals surface area contributed by atoms with Crippen LogP contribution in [0, 0.1) is 6.92 Å². The van der Waals surface area contributed by atoms with Crippen molar-refractivity contribution in [3.8, 4) is 11.5 Å². The van der Waals surface area contributed by atoms with Crippen LogP contribution in [0.15, 0.2) is 22.8 Å². The molecule has 0 atom stereocenters. The molecule has 1 N–H and O–H groups in total. The first-order valence-corrected chi connectivity index (χ1v) is 4.16. The summed E-state index contributed by atoms with van der Waals surface area (Å²) in [6.07, 6.45) is -3.08. The Kier molecular flexibility index (Phi) is 2.06. The maximum absolute atomic E-state index is 12.3. The molecule has 0 saturated carbocycles. The minimum atomic E-state index is -4.46. The van der Waals surface area contributed by atoms with Crippen molar-refractivity contribution in [1.29, 1.82) is 0 Å². The molecule has 80 valence electrons. The fraction of sp³-hybridized carbons (Fsp3) is 0.222. The number of imidazole rings is 1. The summed E-state index contributed by atoms with van der Waals surface area (Å²) in [5, 5.41) is 0. The zero-order chi connectivity index (χ0) is 11.1. The Morgan fingerprint density at radius 2 is 2.13 bits per heavy atom. The highest BCUT2D eigenvalue weighted by Crippen LogP contribution is 2.30. The summed E-state index contributed by atoms with van der Waals surface area (Å²) in [6.45, 7) is 1.51. The maximum Gasteiger partial charge on any atom is 0.449 e. The van der Waals surface area contributed by atoms with Crippen molar-refractivity contribution in [1.82, 2.24) is 9.97 Å². The van der Waals surface area contributed by atoms with Crippen molar-refractivity contribution in [2.75, 3.05) is 0 Å². The van der Waals surface area contributed by atoms with Crippen LogP contribution in [0.2, 0.25) is 0 Å². The number of H-pyrrole nitrogens is 1. The minimum Gasteiger partial charge on any atom is -0.463 e. The summed E-state index contributed by atoms with van der Waals surface area (Å²) in [5.41, 5.74) is 0.518.